The molecule has 1 aromatic carbocycles. The first-order valence-electron chi connectivity index (χ1n) is 7.08. The molecule has 1 atom stereocenters. The molecule has 0 bridgehead atoms. The fourth-order valence-corrected chi connectivity index (χ4v) is 2.80. The number of likely N-dealkylation sites (tertiary alicyclic amines) is 1. The third kappa shape index (κ3) is 2.61. The first kappa shape index (κ1) is 13.3. The van der Waals surface area contributed by atoms with E-state index in [9.17, 15) is 9.18 Å². The third-order valence-electron chi connectivity index (χ3n) is 3.91. The highest BCUT2D eigenvalue weighted by Crippen LogP contribution is 2.22. The minimum atomic E-state index is -0.743. The van der Waals surface area contributed by atoms with Crippen molar-refractivity contribution in [3.63, 3.8) is 0 Å². The first-order valence-corrected chi connectivity index (χ1v) is 7.08. The predicted octanol–water partition coefficient (Wildman–Crippen LogP) is 2.90. The number of alkyl halides is 1. The minimum Gasteiger partial charge on any atom is -0.423 e. The fraction of sp³-hybridized carbons (Fsp3) is 0.438. The third-order valence-corrected chi connectivity index (χ3v) is 3.91. The number of hydrogen-bond donors (Lipinski definition) is 0. The molecule has 20 heavy (non-hydrogen) atoms. The molecule has 0 radical (unpaired) electrons. The lowest BCUT2D eigenvalue weighted by Crippen LogP contribution is -2.21. The van der Waals surface area contributed by atoms with Crippen LogP contribution in [0.2, 0.25) is 0 Å². The van der Waals surface area contributed by atoms with Crippen molar-refractivity contribution < 1.29 is 8.81 Å². The normalized spacial score (nSPS) is 19.8. The van der Waals surface area contributed by atoms with Crippen molar-refractivity contribution in [3.05, 3.63) is 45.8 Å². The molecular weight excluding hydrogens is 257 g/mol. The summed E-state index contributed by atoms with van der Waals surface area (Å²) in [5.74, 6) is 0. The maximum atomic E-state index is 13.3. The molecule has 0 unspecified atom stereocenters. The Kier molecular flexibility index (Phi) is 3.57. The molecule has 4 heteroatoms. The van der Waals surface area contributed by atoms with Gasteiger partial charge in [0.05, 0.1) is 0 Å². The lowest BCUT2D eigenvalue weighted by atomic mass is 10.1. The van der Waals surface area contributed by atoms with Crippen molar-refractivity contribution in [3.8, 4) is 0 Å². The molecule has 0 spiro atoms. The quantitative estimate of drug-likeness (QED) is 0.808. The van der Waals surface area contributed by atoms with Crippen LogP contribution in [0, 0.1) is 0 Å². The lowest BCUT2D eigenvalue weighted by molar-refractivity contribution is 0.283. The maximum absolute atomic E-state index is 13.3. The van der Waals surface area contributed by atoms with Gasteiger partial charge in [0.15, 0.2) is 0 Å². The maximum Gasteiger partial charge on any atom is 0.336 e. The van der Waals surface area contributed by atoms with Crippen LogP contribution in [0.15, 0.2) is 33.5 Å². The van der Waals surface area contributed by atoms with E-state index in [1.165, 1.54) is 11.6 Å². The smallest absolute Gasteiger partial charge is 0.336 e. The lowest BCUT2D eigenvalue weighted by Gasteiger charge is -2.15. The van der Waals surface area contributed by atoms with E-state index in [4.69, 9.17) is 4.42 Å². The van der Waals surface area contributed by atoms with Crippen LogP contribution in [-0.2, 0) is 13.0 Å². The second-order valence-corrected chi connectivity index (χ2v) is 5.40. The number of rotatable bonds is 3. The number of benzene rings is 1. The highest BCUT2D eigenvalue weighted by atomic mass is 19.1. The van der Waals surface area contributed by atoms with Crippen molar-refractivity contribution >= 4 is 11.0 Å². The first-order chi connectivity index (χ1) is 9.65. The zero-order chi connectivity index (χ0) is 14.1. The summed E-state index contributed by atoms with van der Waals surface area (Å²) in [4.78, 5) is 13.7. The molecule has 0 N–H and O–H groups in total. The Morgan fingerprint density at radius 1 is 1.40 bits per heavy atom. The zero-order valence-electron chi connectivity index (χ0n) is 11.6. The molecule has 0 aliphatic carbocycles. The van der Waals surface area contributed by atoms with E-state index in [2.05, 4.69) is 17.9 Å². The molecule has 0 amide bonds. The highest BCUT2D eigenvalue weighted by molar-refractivity contribution is 5.80. The van der Waals surface area contributed by atoms with Crippen LogP contribution in [-0.4, -0.2) is 24.2 Å². The van der Waals surface area contributed by atoms with Crippen molar-refractivity contribution in [1.82, 2.24) is 4.90 Å². The van der Waals surface area contributed by atoms with Crippen molar-refractivity contribution in [1.29, 1.82) is 0 Å². The van der Waals surface area contributed by atoms with Crippen molar-refractivity contribution in [2.75, 3.05) is 13.1 Å². The Labute approximate surface area is 117 Å². The fourth-order valence-electron chi connectivity index (χ4n) is 2.80. The Bertz CT molecular complexity index is 680. The molecule has 1 fully saturated rings. The minimum absolute atomic E-state index is 0.340. The average molecular weight is 275 g/mol. The summed E-state index contributed by atoms with van der Waals surface area (Å²) in [6, 6.07) is 7.42. The summed E-state index contributed by atoms with van der Waals surface area (Å²) in [7, 11) is 0. The molecule has 1 aliphatic heterocycles. The van der Waals surface area contributed by atoms with Crippen LogP contribution in [0.3, 0.4) is 0 Å². The Morgan fingerprint density at radius 2 is 2.25 bits per heavy atom. The van der Waals surface area contributed by atoms with Gasteiger partial charge in [-0.2, -0.15) is 0 Å². The molecule has 3 rings (SSSR count). The summed E-state index contributed by atoms with van der Waals surface area (Å²) >= 11 is 0. The van der Waals surface area contributed by atoms with Crippen molar-refractivity contribution in [2.45, 2.75) is 32.5 Å². The molecular formula is C16H18FNO2. The largest absolute Gasteiger partial charge is 0.423 e. The SMILES string of the molecule is CCc1ccc2oc(=O)cc(CN3CC[C@@H](F)C3)c2c1. The Balaban J connectivity index is 2.01. The van der Waals surface area contributed by atoms with Crippen LogP contribution in [0.5, 0.6) is 0 Å². The second-order valence-electron chi connectivity index (χ2n) is 5.40. The van der Waals surface area contributed by atoms with E-state index in [0.29, 0.717) is 25.1 Å². The van der Waals surface area contributed by atoms with Crippen LogP contribution in [0.1, 0.15) is 24.5 Å². The molecule has 106 valence electrons. The van der Waals surface area contributed by atoms with Gasteiger partial charge in [-0.05, 0) is 36.1 Å². The predicted molar refractivity (Wildman–Crippen MR) is 76.7 cm³/mol. The van der Waals surface area contributed by atoms with Gasteiger partial charge in [-0.25, -0.2) is 9.18 Å². The monoisotopic (exact) mass is 275 g/mol. The van der Waals surface area contributed by atoms with Gasteiger partial charge >= 0.3 is 5.63 Å². The Morgan fingerprint density at radius 3 is 2.95 bits per heavy atom. The summed E-state index contributed by atoms with van der Waals surface area (Å²) in [6.07, 6.45) is 0.775. The summed E-state index contributed by atoms with van der Waals surface area (Å²) in [5.41, 5.74) is 2.41. The van der Waals surface area contributed by atoms with Gasteiger partial charge in [0.2, 0.25) is 0 Å². The summed E-state index contributed by atoms with van der Waals surface area (Å²) < 4.78 is 18.5. The zero-order valence-corrected chi connectivity index (χ0v) is 11.6. The number of nitrogens with zero attached hydrogens (tertiary/aromatic N) is 1. The standard InChI is InChI=1S/C16H18FNO2/c1-2-11-3-4-15-14(7-11)12(8-16(19)20-15)9-18-6-5-13(17)10-18/h3-4,7-8,13H,2,5-6,9-10H2,1H3/t13-/m1/s1. The molecule has 1 aliphatic rings. The molecule has 3 nitrogen and oxygen atoms in total. The molecule has 2 heterocycles. The second kappa shape index (κ2) is 5.37. The van der Waals surface area contributed by atoms with Gasteiger partial charge in [0, 0.05) is 31.1 Å². The molecule has 1 saturated heterocycles. The van der Waals surface area contributed by atoms with Gasteiger partial charge < -0.3 is 4.42 Å². The van der Waals surface area contributed by atoms with Gasteiger partial charge in [-0.15, -0.1) is 0 Å². The van der Waals surface area contributed by atoms with Crippen LogP contribution < -0.4 is 5.63 Å². The van der Waals surface area contributed by atoms with Gasteiger partial charge in [-0.1, -0.05) is 13.0 Å². The number of fused-ring (bicyclic) bond motifs is 1. The van der Waals surface area contributed by atoms with Crippen LogP contribution in [0.25, 0.3) is 11.0 Å². The van der Waals surface area contributed by atoms with E-state index in [1.54, 1.807) is 0 Å². The van der Waals surface area contributed by atoms with E-state index in [0.717, 1.165) is 23.9 Å². The molecule has 1 aromatic heterocycles. The van der Waals surface area contributed by atoms with E-state index in [-0.39, 0.29) is 5.63 Å². The van der Waals surface area contributed by atoms with Crippen LogP contribution >= 0.6 is 0 Å². The van der Waals surface area contributed by atoms with E-state index < -0.39 is 6.17 Å². The van der Waals surface area contributed by atoms with E-state index >= 15 is 0 Å². The topological polar surface area (TPSA) is 33.5 Å². The number of halogens is 1. The molecule has 0 saturated carbocycles. The highest BCUT2D eigenvalue weighted by Gasteiger charge is 2.22. The number of hydrogen-bond acceptors (Lipinski definition) is 3. The van der Waals surface area contributed by atoms with Crippen LogP contribution in [0.4, 0.5) is 4.39 Å². The summed E-state index contributed by atoms with van der Waals surface area (Å²) in [5, 5.41) is 0.964. The average Bonchev–Trinajstić information content (AvgIpc) is 2.83. The van der Waals surface area contributed by atoms with E-state index in [1.807, 2.05) is 12.1 Å². The van der Waals surface area contributed by atoms with Crippen molar-refractivity contribution in [2.24, 2.45) is 0 Å². The van der Waals surface area contributed by atoms with Gasteiger partial charge in [0.1, 0.15) is 11.8 Å². The van der Waals surface area contributed by atoms with Gasteiger partial charge in [-0.3, -0.25) is 4.90 Å². The summed E-state index contributed by atoms with van der Waals surface area (Å²) in [6.45, 7) is 3.90. The molecule has 2 aromatic rings. The Hall–Kier alpha value is -1.68. The van der Waals surface area contributed by atoms with Gasteiger partial charge in [0.25, 0.3) is 0 Å². The number of aryl methyl sites for hydroxylation is 1.